The van der Waals surface area contributed by atoms with Crippen LogP contribution in [0.5, 0.6) is 0 Å². The zero-order chi connectivity index (χ0) is 21.0. The van der Waals surface area contributed by atoms with Crippen LogP contribution in [0.15, 0.2) is 12.1 Å². The molecule has 1 rings (SSSR count). The molecule has 0 saturated carbocycles. The lowest BCUT2D eigenvalue weighted by Crippen LogP contribution is -2.56. The Hall–Kier alpha value is -0.343. The zero-order valence-corrected chi connectivity index (χ0v) is 20.1. The van der Waals surface area contributed by atoms with Crippen LogP contribution in [0.2, 0.25) is 29.2 Å². The summed E-state index contributed by atoms with van der Waals surface area (Å²) in [7, 11) is -0.503. The van der Waals surface area contributed by atoms with Crippen LogP contribution in [0, 0.1) is 5.41 Å². The predicted octanol–water partition coefficient (Wildman–Crippen LogP) is 4.58. The molecule has 27 heavy (non-hydrogen) atoms. The van der Waals surface area contributed by atoms with E-state index in [1.165, 1.54) is 0 Å². The third-order valence-electron chi connectivity index (χ3n) is 4.33. The molecule has 2 unspecified atom stereocenters. The van der Waals surface area contributed by atoms with Crippen molar-refractivity contribution in [2.45, 2.75) is 58.7 Å². The van der Waals surface area contributed by atoms with Crippen LogP contribution >= 0.6 is 23.2 Å². The van der Waals surface area contributed by atoms with Gasteiger partial charge in [0.05, 0.1) is 21.8 Å². The van der Waals surface area contributed by atoms with E-state index >= 15 is 0 Å². The molecule has 8 heteroatoms. The Balaban J connectivity index is 3.47. The fourth-order valence-electron chi connectivity index (χ4n) is 3.68. The molecule has 5 N–H and O–H groups in total. The minimum atomic E-state index is -2.14. The Morgan fingerprint density at radius 3 is 2.11 bits per heavy atom. The highest BCUT2D eigenvalue weighted by Crippen LogP contribution is 2.41. The lowest BCUT2D eigenvalue weighted by molar-refractivity contribution is -0.198. The van der Waals surface area contributed by atoms with E-state index in [1.54, 1.807) is 19.2 Å². The molecule has 0 saturated heterocycles. The van der Waals surface area contributed by atoms with Gasteiger partial charge in [0, 0.05) is 25.8 Å². The number of nitrogen functional groups attached to an aromatic ring is 1. The second kappa shape index (κ2) is 9.44. The number of nitrogens with one attached hydrogen (secondary N) is 1. The van der Waals surface area contributed by atoms with Gasteiger partial charge in [0.25, 0.3) is 0 Å². The van der Waals surface area contributed by atoms with E-state index in [0.29, 0.717) is 28.8 Å². The highest BCUT2D eigenvalue weighted by atomic mass is 35.5. The van der Waals surface area contributed by atoms with Gasteiger partial charge in [-0.2, -0.15) is 0 Å². The minimum absolute atomic E-state index is 0.138. The van der Waals surface area contributed by atoms with E-state index in [9.17, 15) is 0 Å². The number of hydrogen-bond donors (Lipinski definition) is 3. The normalized spacial score (nSPS) is 16.2. The molecule has 156 valence electrons. The number of halogens is 2. The van der Waals surface area contributed by atoms with E-state index in [4.69, 9.17) is 43.8 Å². The fourth-order valence-corrected chi connectivity index (χ4v) is 7.99. The maximum absolute atomic E-state index is 6.80. The predicted molar refractivity (Wildman–Crippen MR) is 119 cm³/mol. The molecule has 0 aliphatic heterocycles. The summed E-state index contributed by atoms with van der Waals surface area (Å²) in [6, 6.07) is 4.32. The summed E-state index contributed by atoms with van der Waals surface area (Å²) in [4.78, 5) is 0. The van der Waals surface area contributed by atoms with Gasteiger partial charge < -0.3 is 25.9 Å². The average molecular weight is 437 g/mol. The lowest BCUT2D eigenvalue weighted by atomic mass is 9.98. The first kappa shape index (κ1) is 24.7. The summed E-state index contributed by atoms with van der Waals surface area (Å²) in [5, 5.41) is 4.15. The first-order valence-corrected chi connectivity index (χ1v) is 13.1. The first-order valence-electron chi connectivity index (χ1n) is 9.22. The van der Waals surface area contributed by atoms with Crippen molar-refractivity contribution < 1.29 is 9.16 Å². The van der Waals surface area contributed by atoms with Gasteiger partial charge in [-0.05, 0) is 43.6 Å². The van der Waals surface area contributed by atoms with Crippen LogP contribution in [0.1, 0.15) is 33.3 Å². The molecule has 0 fully saturated rings. The van der Waals surface area contributed by atoms with Gasteiger partial charge in [-0.1, -0.05) is 44.0 Å². The van der Waals surface area contributed by atoms with Crippen molar-refractivity contribution in [2.24, 2.45) is 11.1 Å². The summed E-state index contributed by atoms with van der Waals surface area (Å²) >= 11 is 12.6. The molecule has 1 aromatic rings. The Morgan fingerprint density at radius 1 is 1.19 bits per heavy atom. The molecule has 1 aromatic carbocycles. The summed E-state index contributed by atoms with van der Waals surface area (Å²) < 4.78 is 12.8. The van der Waals surface area contributed by atoms with E-state index < -0.39 is 14.1 Å². The molecule has 0 bridgehead atoms. The van der Waals surface area contributed by atoms with Crippen molar-refractivity contribution in [1.29, 1.82) is 0 Å². The van der Waals surface area contributed by atoms with E-state index in [-0.39, 0.29) is 11.5 Å². The molecule has 0 aliphatic rings. The minimum Gasteiger partial charge on any atom is -0.396 e. The van der Waals surface area contributed by atoms with Crippen molar-refractivity contribution in [3.8, 4) is 0 Å². The van der Waals surface area contributed by atoms with Crippen molar-refractivity contribution in [3.63, 3.8) is 0 Å². The van der Waals surface area contributed by atoms with Crippen molar-refractivity contribution in [3.05, 3.63) is 27.7 Å². The SMILES string of the molecule is COC(O[Si](C)(C)CC(C)(C)C)(c1cc(Cl)c(N)c(Cl)c1)C(C)NCCN. The van der Waals surface area contributed by atoms with E-state index in [0.717, 1.165) is 11.6 Å². The second-order valence-electron chi connectivity index (χ2n) is 8.79. The number of methoxy groups -OCH3 is 1. The first-order chi connectivity index (χ1) is 12.3. The number of ether oxygens (including phenoxy) is 1. The standard InChI is InChI=1S/C19H35Cl2N3O2Si/c1-13(24-9-8-22)19(25-5,26-27(6,7)12-18(2,3)4)14-10-15(20)17(23)16(21)11-14/h10-11,13,24H,8-9,12,22-23H2,1-7H3. The molecule has 2 atom stereocenters. The largest absolute Gasteiger partial charge is 0.396 e. The smallest absolute Gasteiger partial charge is 0.201 e. The van der Waals surface area contributed by atoms with Crippen LogP contribution in [0.3, 0.4) is 0 Å². The Labute approximate surface area is 175 Å². The van der Waals surface area contributed by atoms with Crippen molar-refractivity contribution in [2.75, 3.05) is 25.9 Å². The van der Waals surface area contributed by atoms with Gasteiger partial charge in [0.15, 0.2) is 8.32 Å². The van der Waals surface area contributed by atoms with Gasteiger partial charge in [-0.25, -0.2) is 0 Å². The molecule has 0 amide bonds. The van der Waals surface area contributed by atoms with Gasteiger partial charge in [0.2, 0.25) is 5.79 Å². The Morgan fingerprint density at radius 2 is 1.70 bits per heavy atom. The Kier molecular flexibility index (Phi) is 8.63. The third-order valence-corrected chi connectivity index (χ3v) is 7.73. The summed E-state index contributed by atoms with van der Waals surface area (Å²) in [5.41, 5.74) is 12.8. The summed E-state index contributed by atoms with van der Waals surface area (Å²) in [6.07, 6.45) is 0. The van der Waals surface area contributed by atoms with E-state index in [2.05, 4.69) is 39.2 Å². The van der Waals surface area contributed by atoms with Gasteiger partial charge in [0.1, 0.15) is 0 Å². The second-order valence-corrected chi connectivity index (χ2v) is 13.7. The average Bonchev–Trinajstić information content (AvgIpc) is 2.52. The van der Waals surface area contributed by atoms with Gasteiger partial charge in [-0.15, -0.1) is 0 Å². The van der Waals surface area contributed by atoms with E-state index in [1.807, 2.05) is 6.92 Å². The van der Waals surface area contributed by atoms with Crippen LogP contribution in [0.4, 0.5) is 5.69 Å². The quantitative estimate of drug-likeness (QED) is 0.300. The maximum atomic E-state index is 6.80. The number of rotatable bonds is 9. The van der Waals surface area contributed by atoms with Gasteiger partial charge >= 0.3 is 0 Å². The zero-order valence-electron chi connectivity index (χ0n) is 17.6. The molecule has 0 radical (unpaired) electrons. The maximum Gasteiger partial charge on any atom is 0.201 e. The Bertz CT molecular complexity index is 615. The molecular formula is C19H35Cl2N3O2Si. The monoisotopic (exact) mass is 435 g/mol. The van der Waals surface area contributed by atoms with Crippen molar-refractivity contribution in [1.82, 2.24) is 5.32 Å². The number of nitrogens with two attached hydrogens (primary N) is 2. The third kappa shape index (κ3) is 6.60. The highest BCUT2D eigenvalue weighted by molar-refractivity contribution is 6.71. The molecule has 0 aliphatic carbocycles. The number of anilines is 1. The number of benzene rings is 1. The molecule has 0 heterocycles. The van der Waals surface area contributed by atoms with Crippen LogP contribution < -0.4 is 16.8 Å². The van der Waals surface area contributed by atoms with Crippen LogP contribution in [0.25, 0.3) is 0 Å². The highest BCUT2D eigenvalue weighted by Gasteiger charge is 2.46. The number of hydrogen-bond acceptors (Lipinski definition) is 5. The van der Waals surface area contributed by atoms with Crippen molar-refractivity contribution >= 4 is 37.2 Å². The van der Waals surface area contributed by atoms with Crippen LogP contribution in [-0.2, 0) is 14.9 Å². The molecule has 0 spiro atoms. The topological polar surface area (TPSA) is 82.5 Å². The lowest BCUT2D eigenvalue weighted by Gasteiger charge is -2.45. The molecule has 5 nitrogen and oxygen atoms in total. The van der Waals surface area contributed by atoms with Gasteiger partial charge in [-0.3, -0.25) is 0 Å². The van der Waals surface area contributed by atoms with Crippen LogP contribution in [-0.4, -0.2) is 34.6 Å². The summed E-state index contributed by atoms with van der Waals surface area (Å²) in [6.45, 7) is 14.2. The molecule has 0 aromatic heterocycles. The fraction of sp³-hybridized carbons (Fsp3) is 0.684. The molecular weight excluding hydrogens is 401 g/mol. The summed E-state index contributed by atoms with van der Waals surface area (Å²) in [5.74, 6) is -1.06.